The molecule has 2 rings (SSSR count). The van der Waals surface area contributed by atoms with Gasteiger partial charge in [0.15, 0.2) is 5.69 Å². The number of nitrogens with one attached hydrogen (secondary N) is 2. The first kappa shape index (κ1) is 11.6. The lowest BCUT2D eigenvalue weighted by Gasteiger charge is -2.22. The van der Waals surface area contributed by atoms with Crippen molar-refractivity contribution >= 4 is 5.91 Å². The summed E-state index contributed by atoms with van der Waals surface area (Å²) in [5.74, 6) is -1.29. The van der Waals surface area contributed by atoms with Gasteiger partial charge in [-0.25, -0.2) is 4.98 Å². The van der Waals surface area contributed by atoms with Gasteiger partial charge in [-0.1, -0.05) is 6.42 Å². The maximum absolute atomic E-state index is 11.4. The second kappa shape index (κ2) is 4.54. The average Bonchev–Trinajstić information content (AvgIpc) is 2.33. The van der Waals surface area contributed by atoms with E-state index in [1.165, 1.54) is 0 Å². The highest BCUT2D eigenvalue weighted by atomic mass is 16.3. The van der Waals surface area contributed by atoms with E-state index in [1.54, 1.807) is 0 Å². The molecule has 0 bridgehead atoms. The van der Waals surface area contributed by atoms with Gasteiger partial charge in [-0.15, -0.1) is 0 Å². The Morgan fingerprint density at radius 2 is 2.24 bits per heavy atom. The highest BCUT2D eigenvalue weighted by Gasteiger charge is 2.21. The Balaban J connectivity index is 2.41. The summed E-state index contributed by atoms with van der Waals surface area (Å²) in [5.41, 5.74) is 3.93. The van der Waals surface area contributed by atoms with Gasteiger partial charge in [-0.3, -0.25) is 9.59 Å². The van der Waals surface area contributed by atoms with E-state index < -0.39 is 17.2 Å². The molecule has 17 heavy (non-hydrogen) atoms. The zero-order valence-corrected chi connectivity index (χ0v) is 9.19. The highest BCUT2D eigenvalue weighted by molar-refractivity contribution is 5.93. The SMILES string of the molecule is NC(=O)c1nc(C2CCCCN2)[nH]c(=O)c1O. The fraction of sp³-hybridized carbons (Fsp3) is 0.500. The zero-order valence-electron chi connectivity index (χ0n) is 9.19. The van der Waals surface area contributed by atoms with Crippen LogP contribution in [0.3, 0.4) is 0 Å². The number of aromatic nitrogens is 2. The van der Waals surface area contributed by atoms with Gasteiger partial charge in [0.05, 0.1) is 6.04 Å². The van der Waals surface area contributed by atoms with Crippen molar-refractivity contribution in [2.75, 3.05) is 6.54 Å². The van der Waals surface area contributed by atoms with Crippen molar-refractivity contribution in [2.45, 2.75) is 25.3 Å². The van der Waals surface area contributed by atoms with Crippen molar-refractivity contribution < 1.29 is 9.90 Å². The van der Waals surface area contributed by atoms with Crippen LogP contribution >= 0.6 is 0 Å². The van der Waals surface area contributed by atoms with Gasteiger partial charge in [-0.2, -0.15) is 0 Å². The predicted molar refractivity (Wildman–Crippen MR) is 59.6 cm³/mol. The third kappa shape index (κ3) is 2.28. The maximum atomic E-state index is 11.4. The molecular weight excluding hydrogens is 224 g/mol. The molecule has 1 aromatic heterocycles. The molecule has 5 N–H and O–H groups in total. The quantitative estimate of drug-likeness (QED) is 0.547. The molecule has 1 saturated heterocycles. The molecule has 2 heterocycles. The van der Waals surface area contributed by atoms with E-state index >= 15 is 0 Å². The smallest absolute Gasteiger partial charge is 0.293 e. The van der Waals surface area contributed by atoms with E-state index in [0.717, 1.165) is 25.8 Å². The minimum Gasteiger partial charge on any atom is -0.501 e. The van der Waals surface area contributed by atoms with Gasteiger partial charge in [0.1, 0.15) is 5.82 Å². The van der Waals surface area contributed by atoms with Crippen LogP contribution in [0.15, 0.2) is 4.79 Å². The van der Waals surface area contributed by atoms with E-state index in [-0.39, 0.29) is 11.7 Å². The van der Waals surface area contributed by atoms with E-state index in [4.69, 9.17) is 5.73 Å². The van der Waals surface area contributed by atoms with Crippen LogP contribution in [0, 0.1) is 0 Å². The summed E-state index contributed by atoms with van der Waals surface area (Å²) < 4.78 is 0. The molecule has 0 radical (unpaired) electrons. The number of amides is 1. The maximum Gasteiger partial charge on any atom is 0.293 e. The van der Waals surface area contributed by atoms with Crippen LogP contribution in [-0.2, 0) is 0 Å². The minimum atomic E-state index is -0.911. The van der Waals surface area contributed by atoms with Crippen molar-refractivity contribution in [3.63, 3.8) is 0 Å². The summed E-state index contributed by atoms with van der Waals surface area (Å²) in [7, 11) is 0. The molecule has 1 atom stereocenters. The third-order valence-electron chi connectivity index (χ3n) is 2.79. The lowest BCUT2D eigenvalue weighted by molar-refractivity contribution is 0.0991. The number of hydrogen-bond acceptors (Lipinski definition) is 5. The lowest BCUT2D eigenvalue weighted by atomic mass is 10.0. The number of H-pyrrole nitrogens is 1. The molecule has 1 aliphatic heterocycles. The fourth-order valence-corrected chi connectivity index (χ4v) is 1.91. The van der Waals surface area contributed by atoms with Gasteiger partial charge in [0.2, 0.25) is 5.75 Å². The fourth-order valence-electron chi connectivity index (χ4n) is 1.91. The lowest BCUT2D eigenvalue weighted by Crippen LogP contribution is -2.31. The topological polar surface area (TPSA) is 121 Å². The van der Waals surface area contributed by atoms with Gasteiger partial charge >= 0.3 is 0 Å². The first-order valence-corrected chi connectivity index (χ1v) is 5.46. The van der Waals surface area contributed by atoms with Crippen LogP contribution in [0.1, 0.15) is 41.6 Å². The molecule has 0 saturated carbocycles. The van der Waals surface area contributed by atoms with Gasteiger partial charge in [-0.05, 0) is 19.4 Å². The second-order valence-electron chi connectivity index (χ2n) is 4.02. The van der Waals surface area contributed by atoms with Crippen molar-refractivity contribution in [1.29, 1.82) is 0 Å². The molecule has 1 aromatic rings. The third-order valence-corrected chi connectivity index (χ3v) is 2.79. The van der Waals surface area contributed by atoms with Crippen molar-refractivity contribution in [3.8, 4) is 5.75 Å². The molecular formula is C10H14N4O3. The second-order valence-corrected chi connectivity index (χ2v) is 4.02. The Morgan fingerprint density at radius 1 is 1.47 bits per heavy atom. The highest BCUT2D eigenvalue weighted by Crippen LogP contribution is 2.20. The largest absolute Gasteiger partial charge is 0.501 e. The van der Waals surface area contributed by atoms with Crippen LogP contribution in [0.2, 0.25) is 0 Å². The van der Waals surface area contributed by atoms with Crippen molar-refractivity contribution in [3.05, 3.63) is 21.9 Å². The van der Waals surface area contributed by atoms with Crippen LogP contribution in [-0.4, -0.2) is 27.5 Å². The number of aromatic hydroxyl groups is 1. The number of carbonyl (C=O) groups excluding carboxylic acids is 1. The Bertz CT molecular complexity index is 491. The molecule has 1 fully saturated rings. The molecule has 7 heteroatoms. The minimum absolute atomic E-state index is 0.102. The van der Waals surface area contributed by atoms with Gasteiger partial charge in [0.25, 0.3) is 11.5 Å². The Labute approximate surface area is 97.1 Å². The standard InChI is InChI=1S/C10H14N4O3/c11-8(16)6-7(15)10(17)14-9(13-6)5-3-1-2-4-12-5/h5,12,15H,1-4H2,(H2,11,16)(H,13,14,17). The number of nitrogens with zero attached hydrogens (tertiary/aromatic N) is 1. The normalized spacial score (nSPS) is 20.1. The Kier molecular flexibility index (Phi) is 3.10. The van der Waals surface area contributed by atoms with Crippen LogP contribution in [0.25, 0.3) is 0 Å². The van der Waals surface area contributed by atoms with Crippen LogP contribution in [0.5, 0.6) is 5.75 Å². The zero-order chi connectivity index (χ0) is 12.4. The predicted octanol–water partition coefficient (Wildman–Crippen LogP) is -0.611. The summed E-state index contributed by atoms with van der Waals surface area (Å²) >= 11 is 0. The number of nitrogens with two attached hydrogens (primary N) is 1. The first-order valence-electron chi connectivity index (χ1n) is 5.46. The monoisotopic (exact) mass is 238 g/mol. The number of primary amides is 1. The van der Waals surface area contributed by atoms with E-state index in [2.05, 4.69) is 15.3 Å². The number of carbonyl (C=O) groups is 1. The number of rotatable bonds is 2. The summed E-state index contributed by atoms with van der Waals surface area (Å²) in [6.07, 6.45) is 2.92. The molecule has 0 aliphatic carbocycles. The molecule has 1 aliphatic rings. The Morgan fingerprint density at radius 3 is 2.82 bits per heavy atom. The summed E-state index contributed by atoms with van der Waals surface area (Å²) in [4.78, 5) is 28.8. The number of hydrogen-bond donors (Lipinski definition) is 4. The van der Waals surface area contributed by atoms with Crippen LogP contribution in [0.4, 0.5) is 0 Å². The molecule has 7 nitrogen and oxygen atoms in total. The number of piperidine rings is 1. The van der Waals surface area contributed by atoms with Crippen molar-refractivity contribution in [1.82, 2.24) is 15.3 Å². The Hall–Kier alpha value is -1.89. The molecule has 1 amide bonds. The summed E-state index contributed by atoms with van der Waals surface area (Å²) in [6, 6.07) is -0.102. The molecule has 0 aromatic carbocycles. The summed E-state index contributed by atoms with van der Waals surface area (Å²) in [5, 5.41) is 12.5. The average molecular weight is 238 g/mol. The van der Waals surface area contributed by atoms with Crippen LogP contribution < -0.4 is 16.6 Å². The van der Waals surface area contributed by atoms with E-state index in [1.807, 2.05) is 0 Å². The van der Waals surface area contributed by atoms with E-state index in [0.29, 0.717) is 5.82 Å². The van der Waals surface area contributed by atoms with Gasteiger partial charge < -0.3 is 21.1 Å². The summed E-state index contributed by atoms with van der Waals surface area (Å²) in [6.45, 7) is 0.834. The molecule has 0 spiro atoms. The first-order chi connectivity index (χ1) is 8.09. The van der Waals surface area contributed by atoms with Crippen molar-refractivity contribution in [2.24, 2.45) is 5.73 Å². The molecule has 1 unspecified atom stereocenters. The molecule has 92 valence electrons. The van der Waals surface area contributed by atoms with E-state index in [9.17, 15) is 14.7 Å². The number of aromatic amines is 1. The van der Waals surface area contributed by atoms with Gasteiger partial charge in [0, 0.05) is 0 Å².